The van der Waals surface area contributed by atoms with Crippen molar-refractivity contribution in [1.29, 1.82) is 0 Å². The van der Waals surface area contributed by atoms with E-state index in [1.165, 1.54) is 6.20 Å². The van der Waals surface area contributed by atoms with Crippen molar-refractivity contribution in [1.82, 2.24) is 14.9 Å². The van der Waals surface area contributed by atoms with Crippen LogP contribution in [0.1, 0.15) is 27.4 Å². The molecule has 1 aromatic heterocycles. The summed E-state index contributed by atoms with van der Waals surface area (Å²) in [6.45, 7) is 1.16. The topological polar surface area (TPSA) is 92.6 Å². The zero-order valence-electron chi connectivity index (χ0n) is 9.87. The first-order valence-corrected chi connectivity index (χ1v) is 5.50. The van der Waals surface area contributed by atoms with E-state index >= 15 is 0 Å². The molecule has 2 heterocycles. The molecule has 1 aliphatic heterocycles. The number of carbonyl (C=O) groups excluding carboxylic acids is 1. The van der Waals surface area contributed by atoms with Crippen molar-refractivity contribution in [3.8, 4) is 0 Å². The van der Waals surface area contributed by atoms with E-state index in [0.29, 0.717) is 13.2 Å². The number of likely N-dealkylation sites (N-methyl/N-ethyl adjacent to an activating group) is 1. The maximum absolute atomic E-state index is 12.0. The molecule has 1 aromatic rings. The lowest BCUT2D eigenvalue weighted by atomic mass is 10.2. The van der Waals surface area contributed by atoms with E-state index in [0.717, 1.165) is 12.6 Å². The maximum Gasteiger partial charge on any atom is 0.356 e. The van der Waals surface area contributed by atoms with Crippen LogP contribution in [0.25, 0.3) is 0 Å². The molecule has 1 fully saturated rings. The van der Waals surface area contributed by atoms with Crippen molar-refractivity contribution in [2.24, 2.45) is 0 Å². The molecular weight excluding hydrogens is 238 g/mol. The Labute approximate surface area is 103 Å². The maximum atomic E-state index is 12.0. The van der Waals surface area contributed by atoms with Crippen LogP contribution in [0.5, 0.6) is 0 Å². The van der Waals surface area contributed by atoms with Crippen molar-refractivity contribution in [2.45, 2.75) is 12.5 Å². The number of hydrogen-bond donors (Lipinski definition) is 1. The number of aromatic carboxylic acids is 1. The van der Waals surface area contributed by atoms with Gasteiger partial charge in [-0.15, -0.1) is 0 Å². The Hall–Kier alpha value is -2.02. The van der Waals surface area contributed by atoms with Crippen LogP contribution in [0.3, 0.4) is 0 Å². The minimum absolute atomic E-state index is 0.0402. The Bertz CT molecular complexity index is 454. The number of amides is 1. The number of carboxylic acid groups (broad SMARTS) is 1. The Morgan fingerprint density at radius 3 is 2.56 bits per heavy atom. The molecule has 0 aliphatic carbocycles. The molecule has 0 aromatic carbocycles. The molecular formula is C11H13N3O4. The van der Waals surface area contributed by atoms with Crippen molar-refractivity contribution in [3.63, 3.8) is 0 Å². The summed E-state index contributed by atoms with van der Waals surface area (Å²) in [5.41, 5.74) is -0.0483. The van der Waals surface area contributed by atoms with Gasteiger partial charge in [0.15, 0.2) is 5.69 Å². The molecule has 18 heavy (non-hydrogen) atoms. The molecule has 7 nitrogen and oxygen atoms in total. The molecule has 0 saturated carbocycles. The summed E-state index contributed by atoms with van der Waals surface area (Å²) in [7, 11) is 1.68. The van der Waals surface area contributed by atoms with Gasteiger partial charge in [-0.25, -0.2) is 14.8 Å². The van der Waals surface area contributed by atoms with Crippen LogP contribution in [0.15, 0.2) is 12.4 Å². The Morgan fingerprint density at radius 1 is 1.39 bits per heavy atom. The van der Waals surface area contributed by atoms with Gasteiger partial charge in [-0.3, -0.25) is 4.79 Å². The highest BCUT2D eigenvalue weighted by molar-refractivity contribution is 5.92. The third-order valence-electron chi connectivity index (χ3n) is 2.86. The van der Waals surface area contributed by atoms with Crippen LogP contribution in [0.4, 0.5) is 0 Å². The van der Waals surface area contributed by atoms with Gasteiger partial charge in [-0.1, -0.05) is 0 Å². The lowest BCUT2D eigenvalue weighted by Gasteiger charge is -2.22. The van der Waals surface area contributed by atoms with Crippen LogP contribution in [0, 0.1) is 0 Å². The molecule has 1 unspecified atom stereocenters. The third kappa shape index (κ3) is 2.45. The van der Waals surface area contributed by atoms with Crippen LogP contribution >= 0.6 is 0 Å². The minimum Gasteiger partial charge on any atom is -0.476 e. The van der Waals surface area contributed by atoms with E-state index < -0.39 is 5.97 Å². The van der Waals surface area contributed by atoms with Gasteiger partial charge in [0.25, 0.3) is 5.91 Å². The van der Waals surface area contributed by atoms with E-state index in [1.54, 1.807) is 11.9 Å². The fraction of sp³-hybridized carbons (Fsp3) is 0.455. The van der Waals surface area contributed by atoms with Gasteiger partial charge in [0.2, 0.25) is 0 Å². The normalized spacial score (nSPS) is 18.6. The minimum atomic E-state index is -1.17. The predicted molar refractivity (Wildman–Crippen MR) is 60.3 cm³/mol. The fourth-order valence-electron chi connectivity index (χ4n) is 1.72. The Balaban J connectivity index is 2.10. The molecule has 1 saturated heterocycles. The first-order valence-electron chi connectivity index (χ1n) is 5.50. The van der Waals surface area contributed by atoms with E-state index in [2.05, 4.69) is 9.97 Å². The van der Waals surface area contributed by atoms with Crippen molar-refractivity contribution >= 4 is 11.9 Å². The summed E-state index contributed by atoms with van der Waals surface area (Å²) >= 11 is 0. The van der Waals surface area contributed by atoms with Crippen molar-refractivity contribution < 1.29 is 19.4 Å². The molecule has 1 aliphatic rings. The summed E-state index contributed by atoms with van der Waals surface area (Å²) in [5, 5.41) is 8.68. The number of ether oxygens (including phenoxy) is 1. The van der Waals surface area contributed by atoms with Gasteiger partial charge in [-0.2, -0.15) is 0 Å². The molecule has 7 heteroatoms. The third-order valence-corrected chi connectivity index (χ3v) is 2.86. The summed E-state index contributed by atoms with van der Waals surface area (Å²) < 4.78 is 5.21. The highest BCUT2D eigenvalue weighted by atomic mass is 16.5. The second-order valence-corrected chi connectivity index (χ2v) is 4.03. The van der Waals surface area contributed by atoms with Crippen LogP contribution in [0.2, 0.25) is 0 Å². The van der Waals surface area contributed by atoms with E-state index in [-0.39, 0.29) is 23.3 Å². The molecule has 96 valence electrons. The monoisotopic (exact) mass is 251 g/mol. The summed E-state index contributed by atoms with van der Waals surface area (Å²) in [5.74, 6) is -1.45. The smallest absolute Gasteiger partial charge is 0.356 e. The number of carboxylic acids is 1. The summed E-state index contributed by atoms with van der Waals surface area (Å²) in [6.07, 6.45) is 3.05. The second kappa shape index (κ2) is 5.09. The van der Waals surface area contributed by atoms with E-state index in [9.17, 15) is 9.59 Å². The highest BCUT2D eigenvalue weighted by Gasteiger charge is 2.25. The zero-order chi connectivity index (χ0) is 13.1. The van der Waals surface area contributed by atoms with Crippen LogP contribution in [-0.2, 0) is 4.74 Å². The van der Waals surface area contributed by atoms with Crippen molar-refractivity contribution in [3.05, 3.63) is 23.8 Å². The SMILES string of the molecule is CN(C(=O)c1cnc(C(=O)O)cn1)C1CCOC1. The van der Waals surface area contributed by atoms with Gasteiger partial charge >= 0.3 is 5.97 Å². The van der Waals surface area contributed by atoms with Gasteiger partial charge in [-0.05, 0) is 6.42 Å². The Kier molecular flexibility index (Phi) is 3.52. The summed E-state index contributed by atoms with van der Waals surface area (Å²) in [6, 6.07) is 0.0402. The zero-order valence-corrected chi connectivity index (χ0v) is 9.87. The number of rotatable bonds is 3. The van der Waals surface area contributed by atoms with Crippen LogP contribution in [-0.4, -0.2) is 58.2 Å². The molecule has 0 bridgehead atoms. The number of hydrogen-bond acceptors (Lipinski definition) is 5. The van der Waals surface area contributed by atoms with E-state index in [4.69, 9.17) is 9.84 Å². The van der Waals surface area contributed by atoms with Gasteiger partial charge in [0.1, 0.15) is 5.69 Å². The molecule has 1 amide bonds. The second-order valence-electron chi connectivity index (χ2n) is 4.03. The quantitative estimate of drug-likeness (QED) is 0.815. The number of aromatic nitrogens is 2. The van der Waals surface area contributed by atoms with Crippen molar-refractivity contribution in [2.75, 3.05) is 20.3 Å². The van der Waals surface area contributed by atoms with Gasteiger partial charge < -0.3 is 14.7 Å². The van der Waals surface area contributed by atoms with Gasteiger partial charge in [0.05, 0.1) is 25.0 Å². The molecule has 1 N–H and O–H groups in total. The largest absolute Gasteiger partial charge is 0.476 e. The lowest BCUT2D eigenvalue weighted by Crippen LogP contribution is -2.37. The predicted octanol–water partition coefficient (Wildman–Crippen LogP) is 0.0357. The number of nitrogens with zero attached hydrogens (tertiary/aromatic N) is 3. The Morgan fingerprint density at radius 2 is 2.06 bits per heavy atom. The fourth-order valence-corrected chi connectivity index (χ4v) is 1.72. The molecule has 2 rings (SSSR count). The molecule has 1 atom stereocenters. The van der Waals surface area contributed by atoms with Gasteiger partial charge in [0, 0.05) is 13.7 Å². The first-order chi connectivity index (χ1) is 8.59. The standard InChI is InChI=1S/C11H13N3O4/c1-14(7-2-3-18-6-7)10(15)8-4-13-9(5-12-8)11(16)17/h4-5,7H,2-3,6H2,1H3,(H,16,17). The lowest BCUT2D eigenvalue weighted by molar-refractivity contribution is 0.0679. The molecule has 0 radical (unpaired) electrons. The number of carbonyl (C=O) groups is 2. The highest BCUT2D eigenvalue weighted by Crippen LogP contribution is 2.12. The molecule has 0 spiro atoms. The van der Waals surface area contributed by atoms with Crippen LogP contribution < -0.4 is 0 Å². The summed E-state index contributed by atoms with van der Waals surface area (Å²) in [4.78, 5) is 31.7. The average molecular weight is 251 g/mol. The van der Waals surface area contributed by atoms with E-state index in [1.807, 2.05) is 0 Å². The first kappa shape index (κ1) is 12.4. The average Bonchev–Trinajstić information content (AvgIpc) is 2.91.